The number of fused-ring (bicyclic) bond motifs is 1. The first-order chi connectivity index (χ1) is 10.6. The van der Waals surface area contributed by atoms with Crippen molar-refractivity contribution < 1.29 is 18.4 Å². The highest BCUT2D eigenvalue weighted by molar-refractivity contribution is 5.81. The molecule has 0 bridgehead atoms. The minimum absolute atomic E-state index is 0.161. The van der Waals surface area contributed by atoms with Crippen LogP contribution < -0.4 is 10.4 Å². The molecule has 0 radical (unpaired) electrons. The van der Waals surface area contributed by atoms with Gasteiger partial charge in [-0.05, 0) is 36.4 Å². The fourth-order valence-electron chi connectivity index (χ4n) is 1.91. The zero-order chi connectivity index (χ0) is 15.5. The van der Waals surface area contributed by atoms with Gasteiger partial charge in [-0.2, -0.15) is 0 Å². The molecule has 110 valence electrons. The number of ether oxygens (including phenoxy) is 1. The van der Waals surface area contributed by atoms with Crippen molar-refractivity contribution in [1.82, 2.24) is 4.98 Å². The van der Waals surface area contributed by atoms with Gasteiger partial charge in [0.05, 0.1) is 17.2 Å². The van der Waals surface area contributed by atoms with Gasteiger partial charge in [-0.3, -0.25) is 4.79 Å². The SMILES string of the molecule is CC(=O)Oc1ccc2nc(/C=C/c3ccco3)oc(=O)c2c1. The Kier molecular flexibility index (Phi) is 3.57. The van der Waals surface area contributed by atoms with E-state index in [1.807, 2.05) is 0 Å². The van der Waals surface area contributed by atoms with E-state index in [1.165, 1.54) is 13.0 Å². The van der Waals surface area contributed by atoms with E-state index >= 15 is 0 Å². The van der Waals surface area contributed by atoms with Crippen molar-refractivity contribution in [2.45, 2.75) is 6.92 Å². The van der Waals surface area contributed by atoms with Crippen LogP contribution in [-0.4, -0.2) is 11.0 Å². The van der Waals surface area contributed by atoms with Gasteiger partial charge < -0.3 is 13.6 Å². The highest BCUT2D eigenvalue weighted by Gasteiger charge is 2.07. The summed E-state index contributed by atoms with van der Waals surface area (Å²) < 4.78 is 15.2. The Morgan fingerprint density at radius 1 is 1.27 bits per heavy atom. The van der Waals surface area contributed by atoms with Gasteiger partial charge in [-0.15, -0.1) is 0 Å². The van der Waals surface area contributed by atoms with Gasteiger partial charge in [0, 0.05) is 13.0 Å². The number of aromatic nitrogens is 1. The maximum atomic E-state index is 12.0. The molecule has 0 saturated heterocycles. The molecule has 1 aromatic carbocycles. The van der Waals surface area contributed by atoms with Crippen LogP contribution in [0.2, 0.25) is 0 Å². The van der Waals surface area contributed by atoms with E-state index < -0.39 is 11.6 Å². The zero-order valence-corrected chi connectivity index (χ0v) is 11.6. The van der Waals surface area contributed by atoms with E-state index in [2.05, 4.69) is 4.98 Å². The third-order valence-corrected chi connectivity index (χ3v) is 2.81. The van der Waals surface area contributed by atoms with Crippen LogP contribution in [0.25, 0.3) is 23.1 Å². The lowest BCUT2D eigenvalue weighted by Crippen LogP contribution is -2.05. The zero-order valence-electron chi connectivity index (χ0n) is 11.6. The summed E-state index contributed by atoms with van der Waals surface area (Å²) in [6.45, 7) is 1.29. The minimum Gasteiger partial charge on any atom is -0.465 e. The molecule has 0 aliphatic heterocycles. The third kappa shape index (κ3) is 2.95. The predicted molar refractivity (Wildman–Crippen MR) is 79.2 cm³/mol. The van der Waals surface area contributed by atoms with Crippen LogP contribution in [0, 0.1) is 0 Å². The molecule has 0 aliphatic carbocycles. The Balaban J connectivity index is 1.98. The normalized spacial score (nSPS) is 11.1. The van der Waals surface area contributed by atoms with E-state index in [0.29, 0.717) is 11.3 Å². The molecule has 22 heavy (non-hydrogen) atoms. The van der Waals surface area contributed by atoms with Crippen molar-refractivity contribution in [3.63, 3.8) is 0 Å². The van der Waals surface area contributed by atoms with E-state index in [4.69, 9.17) is 13.6 Å². The van der Waals surface area contributed by atoms with Gasteiger partial charge in [-0.25, -0.2) is 9.78 Å². The lowest BCUT2D eigenvalue weighted by atomic mass is 10.2. The molecule has 0 unspecified atom stereocenters. The maximum Gasteiger partial charge on any atom is 0.347 e. The molecule has 0 N–H and O–H groups in total. The smallest absolute Gasteiger partial charge is 0.347 e. The van der Waals surface area contributed by atoms with Crippen molar-refractivity contribution in [3.05, 3.63) is 58.7 Å². The molecule has 2 aromatic heterocycles. The number of nitrogens with zero attached hydrogens (tertiary/aromatic N) is 1. The largest absolute Gasteiger partial charge is 0.465 e. The summed E-state index contributed by atoms with van der Waals surface area (Å²) in [5.74, 6) is 0.589. The van der Waals surface area contributed by atoms with Gasteiger partial charge in [0.1, 0.15) is 11.5 Å². The van der Waals surface area contributed by atoms with Crippen LogP contribution in [0.3, 0.4) is 0 Å². The molecule has 6 nitrogen and oxygen atoms in total. The second-order valence-corrected chi connectivity index (χ2v) is 4.46. The predicted octanol–water partition coefficient (Wildman–Crippen LogP) is 2.88. The molecular formula is C16H11NO5. The first-order valence-corrected chi connectivity index (χ1v) is 6.47. The van der Waals surface area contributed by atoms with Crippen LogP contribution in [0.4, 0.5) is 0 Å². The Bertz CT molecular complexity index is 906. The molecule has 6 heteroatoms. The Morgan fingerprint density at radius 2 is 2.14 bits per heavy atom. The molecular weight excluding hydrogens is 286 g/mol. The number of carbonyl (C=O) groups excluding carboxylic acids is 1. The third-order valence-electron chi connectivity index (χ3n) is 2.81. The first-order valence-electron chi connectivity index (χ1n) is 6.47. The number of hydrogen-bond acceptors (Lipinski definition) is 6. The summed E-state index contributed by atoms with van der Waals surface area (Å²) in [5, 5.41) is 0.244. The van der Waals surface area contributed by atoms with Crippen LogP contribution >= 0.6 is 0 Å². The second kappa shape index (κ2) is 5.69. The Hall–Kier alpha value is -3.15. The monoisotopic (exact) mass is 297 g/mol. The summed E-state index contributed by atoms with van der Waals surface area (Å²) in [6.07, 6.45) is 4.73. The molecule has 3 aromatic rings. The number of carbonyl (C=O) groups is 1. The summed E-state index contributed by atoms with van der Waals surface area (Å²) >= 11 is 0. The molecule has 2 heterocycles. The summed E-state index contributed by atoms with van der Waals surface area (Å²) in [6, 6.07) is 8.10. The number of rotatable bonds is 3. The van der Waals surface area contributed by atoms with E-state index in [-0.39, 0.29) is 17.0 Å². The van der Waals surface area contributed by atoms with Gasteiger partial charge in [0.2, 0.25) is 5.89 Å². The van der Waals surface area contributed by atoms with Gasteiger partial charge in [0.15, 0.2) is 0 Å². The molecule has 0 amide bonds. The standard InChI is InChI=1S/C16H11NO5/c1-10(18)21-12-4-6-14-13(9-12)16(19)22-15(17-14)7-5-11-3-2-8-20-11/h2-9H,1H3/b7-5+. The topological polar surface area (TPSA) is 82.5 Å². The summed E-state index contributed by atoms with van der Waals surface area (Å²) in [5.41, 5.74) is -0.107. The fraction of sp³-hybridized carbons (Fsp3) is 0.0625. The van der Waals surface area contributed by atoms with Crippen molar-refractivity contribution in [2.75, 3.05) is 0 Å². The van der Waals surface area contributed by atoms with Crippen molar-refractivity contribution in [2.24, 2.45) is 0 Å². The number of hydrogen-bond donors (Lipinski definition) is 0. The molecule has 0 saturated carbocycles. The Morgan fingerprint density at radius 3 is 2.86 bits per heavy atom. The number of benzene rings is 1. The minimum atomic E-state index is -0.557. The lowest BCUT2D eigenvalue weighted by Gasteiger charge is -2.02. The van der Waals surface area contributed by atoms with E-state index in [1.54, 1.807) is 42.7 Å². The molecule has 0 spiro atoms. The maximum absolute atomic E-state index is 12.0. The Labute approximate surface area is 124 Å². The number of esters is 1. The fourth-order valence-corrected chi connectivity index (χ4v) is 1.91. The van der Waals surface area contributed by atoms with Crippen LogP contribution in [0.1, 0.15) is 18.6 Å². The van der Waals surface area contributed by atoms with Crippen molar-refractivity contribution in [1.29, 1.82) is 0 Å². The average Bonchev–Trinajstić information content (AvgIpc) is 2.98. The lowest BCUT2D eigenvalue weighted by molar-refractivity contribution is -0.131. The highest BCUT2D eigenvalue weighted by Crippen LogP contribution is 2.18. The van der Waals surface area contributed by atoms with E-state index in [0.717, 1.165) is 0 Å². The second-order valence-electron chi connectivity index (χ2n) is 4.46. The quantitative estimate of drug-likeness (QED) is 0.546. The average molecular weight is 297 g/mol. The molecule has 3 rings (SSSR count). The molecule has 0 aliphatic rings. The van der Waals surface area contributed by atoms with Gasteiger partial charge >= 0.3 is 11.6 Å². The van der Waals surface area contributed by atoms with Gasteiger partial charge in [0.25, 0.3) is 0 Å². The molecule has 0 atom stereocenters. The van der Waals surface area contributed by atoms with Crippen LogP contribution in [0.15, 0.2) is 50.2 Å². The van der Waals surface area contributed by atoms with Crippen molar-refractivity contribution in [3.8, 4) is 5.75 Å². The van der Waals surface area contributed by atoms with Gasteiger partial charge in [-0.1, -0.05) is 0 Å². The van der Waals surface area contributed by atoms with Crippen LogP contribution in [0.5, 0.6) is 5.75 Å². The summed E-state index contributed by atoms with van der Waals surface area (Å²) in [4.78, 5) is 27.1. The van der Waals surface area contributed by atoms with Crippen molar-refractivity contribution >= 4 is 29.0 Å². The highest BCUT2D eigenvalue weighted by atomic mass is 16.5. The summed E-state index contributed by atoms with van der Waals surface area (Å²) in [7, 11) is 0. The molecule has 0 fully saturated rings. The van der Waals surface area contributed by atoms with Crippen LogP contribution in [-0.2, 0) is 4.79 Å². The van der Waals surface area contributed by atoms with E-state index in [9.17, 15) is 9.59 Å². The first kappa shape index (κ1) is 13.8. The number of furan rings is 1.